The number of urea groups is 1. The fraction of sp³-hybridized carbons (Fsp3) is 0.273. The van der Waals surface area contributed by atoms with Crippen LogP contribution in [0, 0.1) is 0 Å². The van der Waals surface area contributed by atoms with Crippen molar-refractivity contribution in [2.24, 2.45) is 7.05 Å². The van der Waals surface area contributed by atoms with E-state index < -0.39 is 12.2 Å². The van der Waals surface area contributed by atoms with Crippen LogP contribution in [-0.2, 0) is 36.1 Å². The normalized spacial score (nSPS) is 18.5. The first-order valence-corrected chi connectivity index (χ1v) is 14.6. The van der Waals surface area contributed by atoms with Crippen LogP contribution in [0.25, 0.3) is 11.0 Å². The number of benzene rings is 3. The van der Waals surface area contributed by atoms with Gasteiger partial charge in [0, 0.05) is 26.6 Å². The predicted molar refractivity (Wildman–Crippen MR) is 165 cm³/mol. The number of aromatic nitrogens is 2. The number of aromatic hydroxyl groups is 1. The van der Waals surface area contributed by atoms with Gasteiger partial charge in [0.25, 0.3) is 0 Å². The molecule has 11 nitrogen and oxygen atoms in total. The van der Waals surface area contributed by atoms with Gasteiger partial charge in [0.15, 0.2) is 0 Å². The molecule has 226 valence electrons. The summed E-state index contributed by atoms with van der Waals surface area (Å²) in [6.07, 6.45) is 3.06. The summed E-state index contributed by atoms with van der Waals surface area (Å²) in [5.41, 5.74) is 4.43. The van der Waals surface area contributed by atoms with E-state index in [4.69, 9.17) is 0 Å². The van der Waals surface area contributed by atoms with Gasteiger partial charge in [0.05, 0.1) is 37.0 Å². The van der Waals surface area contributed by atoms with Gasteiger partial charge in [-0.1, -0.05) is 60.7 Å². The van der Waals surface area contributed by atoms with Crippen LogP contribution in [-0.4, -0.2) is 84.2 Å². The molecular weight excluding hydrogens is 558 g/mol. The Labute approximate surface area is 255 Å². The molecule has 2 aliphatic heterocycles. The number of piperazine rings is 1. The van der Waals surface area contributed by atoms with Crippen molar-refractivity contribution in [1.29, 1.82) is 0 Å². The van der Waals surface area contributed by atoms with Gasteiger partial charge in [0.2, 0.25) is 11.8 Å². The van der Waals surface area contributed by atoms with Gasteiger partial charge in [-0.05, 0) is 34.9 Å². The van der Waals surface area contributed by atoms with E-state index >= 15 is 0 Å². The summed E-state index contributed by atoms with van der Waals surface area (Å²) >= 11 is 0. The van der Waals surface area contributed by atoms with Gasteiger partial charge < -0.3 is 24.8 Å². The number of para-hydroxylation sites is 1. The highest BCUT2D eigenvalue weighted by molar-refractivity contribution is 5.92. The number of fused-ring (bicyclic) bond motifs is 2. The zero-order valence-electron chi connectivity index (χ0n) is 24.5. The Morgan fingerprint density at radius 1 is 1.07 bits per heavy atom. The van der Waals surface area contributed by atoms with Crippen LogP contribution in [0.15, 0.2) is 91.8 Å². The molecule has 2 saturated heterocycles. The minimum Gasteiger partial charge on any atom is -0.508 e. The van der Waals surface area contributed by atoms with Gasteiger partial charge in [-0.15, -0.1) is 6.58 Å². The molecule has 4 amide bonds. The van der Waals surface area contributed by atoms with E-state index in [0.29, 0.717) is 13.1 Å². The molecule has 0 unspecified atom stereocenters. The Hall–Kier alpha value is -5.16. The van der Waals surface area contributed by atoms with Crippen LogP contribution in [0.2, 0.25) is 0 Å². The van der Waals surface area contributed by atoms with E-state index in [1.54, 1.807) is 51.5 Å². The minimum atomic E-state index is -0.795. The second-order valence-electron chi connectivity index (χ2n) is 11.1. The molecule has 0 radical (unpaired) electrons. The number of imidazole rings is 1. The Balaban J connectivity index is 1.32. The molecular formula is C33H35N7O4. The molecule has 3 heterocycles. The predicted octanol–water partition coefficient (Wildman–Crippen LogP) is 3.02. The van der Waals surface area contributed by atoms with Crippen molar-refractivity contribution in [3.05, 3.63) is 108 Å². The first-order chi connectivity index (χ1) is 21.3. The number of nitrogens with zero attached hydrogens (tertiary/aromatic N) is 6. The molecule has 4 aromatic rings. The number of carbonyl (C=O) groups excluding carboxylic acids is 3. The Bertz CT molecular complexity index is 1690. The Morgan fingerprint density at radius 3 is 2.59 bits per heavy atom. The molecule has 2 fully saturated rings. The molecule has 3 aromatic carbocycles. The third-order valence-electron chi connectivity index (χ3n) is 8.26. The number of phenols is 1. The molecule has 0 bridgehead atoms. The Morgan fingerprint density at radius 2 is 1.84 bits per heavy atom. The fourth-order valence-corrected chi connectivity index (χ4v) is 6.09. The van der Waals surface area contributed by atoms with Gasteiger partial charge in [-0.2, -0.15) is 5.01 Å². The summed E-state index contributed by atoms with van der Waals surface area (Å²) in [7, 11) is 1.93. The highest BCUT2D eigenvalue weighted by atomic mass is 16.3. The molecule has 6 rings (SSSR count). The molecule has 0 spiro atoms. The average Bonchev–Trinajstić information content (AvgIpc) is 3.57. The second-order valence-corrected chi connectivity index (χ2v) is 11.1. The van der Waals surface area contributed by atoms with E-state index in [1.165, 1.54) is 5.01 Å². The number of hydrogen-bond acceptors (Lipinski definition) is 6. The first-order valence-electron chi connectivity index (χ1n) is 14.6. The van der Waals surface area contributed by atoms with Crippen LogP contribution in [0.5, 0.6) is 5.75 Å². The van der Waals surface area contributed by atoms with E-state index in [9.17, 15) is 19.5 Å². The van der Waals surface area contributed by atoms with Gasteiger partial charge in [-0.25, -0.2) is 9.78 Å². The zero-order chi connectivity index (χ0) is 30.8. The molecule has 2 atom stereocenters. The van der Waals surface area contributed by atoms with E-state index in [-0.39, 0.29) is 49.7 Å². The number of hydrogen-bond donors (Lipinski definition) is 2. The van der Waals surface area contributed by atoms with Crippen molar-refractivity contribution in [3.63, 3.8) is 0 Å². The zero-order valence-corrected chi connectivity index (χ0v) is 24.5. The number of hydrazine groups is 1. The molecule has 2 N–H and O–H groups in total. The maximum absolute atomic E-state index is 14.2. The van der Waals surface area contributed by atoms with Crippen LogP contribution < -0.4 is 5.32 Å². The van der Waals surface area contributed by atoms with Crippen molar-refractivity contribution in [2.75, 3.05) is 19.6 Å². The fourth-order valence-electron chi connectivity index (χ4n) is 6.09. The lowest BCUT2D eigenvalue weighted by atomic mass is 9.99. The van der Waals surface area contributed by atoms with Crippen molar-refractivity contribution in [1.82, 2.24) is 34.7 Å². The smallest absolute Gasteiger partial charge is 0.332 e. The third kappa shape index (κ3) is 5.61. The number of aryl methyl sites for hydroxylation is 1. The quantitative estimate of drug-likeness (QED) is 0.289. The summed E-state index contributed by atoms with van der Waals surface area (Å²) in [6, 6.07) is 21.0. The number of nitrogens with one attached hydrogen (secondary N) is 1. The number of amides is 4. The van der Waals surface area contributed by atoms with E-state index in [2.05, 4.69) is 16.9 Å². The lowest BCUT2D eigenvalue weighted by Gasteiger charge is -2.46. The highest BCUT2D eigenvalue weighted by Crippen LogP contribution is 2.31. The van der Waals surface area contributed by atoms with Crippen LogP contribution >= 0.6 is 0 Å². The van der Waals surface area contributed by atoms with Gasteiger partial charge in [-0.3, -0.25) is 14.6 Å². The minimum absolute atomic E-state index is 0.0553. The number of phenolic OH excluding ortho intramolecular Hbond substituents is 1. The molecule has 0 saturated carbocycles. The molecule has 44 heavy (non-hydrogen) atoms. The summed E-state index contributed by atoms with van der Waals surface area (Å²) in [6.45, 7) is 4.81. The van der Waals surface area contributed by atoms with E-state index in [0.717, 1.165) is 27.7 Å². The molecule has 11 heteroatoms. The summed E-state index contributed by atoms with van der Waals surface area (Å²) in [5, 5.41) is 16.0. The van der Waals surface area contributed by atoms with E-state index in [1.807, 2.05) is 60.1 Å². The molecule has 1 aromatic heterocycles. The topological polar surface area (TPSA) is 114 Å². The first kappa shape index (κ1) is 28.9. The van der Waals surface area contributed by atoms with Crippen LogP contribution in [0.4, 0.5) is 4.79 Å². The highest BCUT2D eigenvalue weighted by Gasteiger charge is 2.52. The maximum Gasteiger partial charge on any atom is 0.332 e. The summed E-state index contributed by atoms with van der Waals surface area (Å²) < 4.78 is 1.94. The number of carbonyl (C=O) groups is 3. The van der Waals surface area contributed by atoms with Gasteiger partial charge >= 0.3 is 6.03 Å². The third-order valence-corrected chi connectivity index (χ3v) is 8.26. The lowest BCUT2D eigenvalue weighted by molar-refractivity contribution is -0.157. The summed E-state index contributed by atoms with van der Waals surface area (Å²) in [5.74, 6) is -0.290. The average molecular weight is 594 g/mol. The maximum atomic E-state index is 14.2. The molecule has 0 aliphatic carbocycles. The molecule has 2 aliphatic rings. The SMILES string of the molecule is C=CCN(C(=O)NCc1ccccc1)N1CC(=O)N2[C@@H](Cc3ccc(O)cc3)C(=O)N(Cc3cccc4c3ncn4C)C[C@@H]21. The van der Waals surface area contributed by atoms with Crippen molar-refractivity contribution >= 4 is 28.9 Å². The standard InChI is InChI=1S/C33H35N7O4/c1-3-16-38(33(44)34-18-24-8-5-4-6-9-24)39-21-30(42)40-28(17-23-12-14-26(41)15-13-23)32(43)37(20-29(39)40)19-25-10-7-11-27-31(25)35-22-36(27)2/h3-15,22,28-29,41H,1,16-21H2,2H3,(H,34,44)/t28-,29+/m0/s1. The van der Waals surface area contributed by atoms with Crippen LogP contribution in [0.3, 0.4) is 0 Å². The van der Waals surface area contributed by atoms with Crippen molar-refractivity contribution in [3.8, 4) is 5.75 Å². The largest absolute Gasteiger partial charge is 0.508 e. The summed E-state index contributed by atoms with van der Waals surface area (Å²) in [4.78, 5) is 49.3. The van der Waals surface area contributed by atoms with Crippen molar-refractivity contribution < 1.29 is 19.5 Å². The van der Waals surface area contributed by atoms with Crippen LogP contribution in [0.1, 0.15) is 16.7 Å². The lowest BCUT2D eigenvalue weighted by Crippen LogP contribution is -2.66. The number of rotatable bonds is 9. The second kappa shape index (κ2) is 12.2. The Kier molecular flexibility index (Phi) is 8.03. The van der Waals surface area contributed by atoms with Gasteiger partial charge in [0.1, 0.15) is 18.0 Å². The van der Waals surface area contributed by atoms with Crippen molar-refractivity contribution in [2.45, 2.75) is 31.7 Å². The monoisotopic (exact) mass is 593 g/mol.